The van der Waals surface area contributed by atoms with Gasteiger partial charge in [-0.15, -0.1) is 0 Å². The van der Waals surface area contributed by atoms with Gasteiger partial charge in [-0.3, -0.25) is 0 Å². The zero-order chi connectivity index (χ0) is 17.6. The third-order valence-electron chi connectivity index (χ3n) is 4.73. The molecule has 1 saturated carbocycles. The molecule has 0 bridgehead atoms. The third kappa shape index (κ3) is 3.14. The first-order valence-electron chi connectivity index (χ1n) is 8.42. The summed E-state index contributed by atoms with van der Waals surface area (Å²) in [6.07, 6.45) is 2.36. The molecule has 1 aromatic heterocycles. The number of rotatable bonds is 4. The second kappa shape index (κ2) is 6.39. The molecule has 0 unspecified atom stereocenters. The highest BCUT2D eigenvalue weighted by molar-refractivity contribution is 6.30. The van der Waals surface area contributed by atoms with E-state index in [-0.39, 0.29) is 19.4 Å². The highest BCUT2D eigenvalue weighted by Crippen LogP contribution is 2.38. The number of carbonyl (C=O) groups excluding carboxylic acids is 1. The molecule has 6 heteroatoms. The second-order valence-corrected chi connectivity index (χ2v) is 7.06. The number of hydrogen-bond donors (Lipinski definition) is 0. The molecule has 0 saturated heterocycles. The molecule has 1 fully saturated rings. The lowest BCUT2D eigenvalue weighted by atomic mass is 10.1. The van der Waals surface area contributed by atoms with Crippen molar-refractivity contribution >= 4 is 17.6 Å². The van der Waals surface area contributed by atoms with Gasteiger partial charge in [0.1, 0.15) is 12.4 Å². The molecule has 25 heavy (non-hydrogen) atoms. The Morgan fingerprint density at radius 3 is 2.88 bits per heavy atom. The largest absolute Gasteiger partial charge is 0.467 e. The summed E-state index contributed by atoms with van der Waals surface area (Å²) in [6.45, 7) is 4.76. The number of nitrogens with zero attached hydrogens (tertiary/aromatic N) is 1. The van der Waals surface area contributed by atoms with E-state index in [1.54, 1.807) is 6.07 Å². The second-order valence-electron chi connectivity index (χ2n) is 6.63. The number of fused-ring (bicyclic) bond motifs is 1. The Morgan fingerprint density at radius 1 is 1.32 bits per heavy atom. The van der Waals surface area contributed by atoms with Crippen molar-refractivity contribution in [3.8, 4) is 5.75 Å². The number of ether oxygens (including phenoxy) is 3. The van der Waals surface area contributed by atoms with Crippen molar-refractivity contribution in [3.05, 3.63) is 51.3 Å². The van der Waals surface area contributed by atoms with Gasteiger partial charge in [0.15, 0.2) is 6.79 Å². The van der Waals surface area contributed by atoms with E-state index in [4.69, 9.17) is 25.8 Å². The molecule has 0 amide bonds. The summed E-state index contributed by atoms with van der Waals surface area (Å²) >= 11 is 6.15. The van der Waals surface area contributed by atoms with Crippen LogP contribution in [0.4, 0.5) is 0 Å². The van der Waals surface area contributed by atoms with Crippen LogP contribution in [0, 0.1) is 13.8 Å². The van der Waals surface area contributed by atoms with E-state index in [0.29, 0.717) is 29.0 Å². The molecule has 2 aromatic rings. The lowest BCUT2D eigenvalue weighted by Gasteiger charge is -2.21. The normalized spacial score (nSPS) is 16.3. The molecule has 132 valence electrons. The number of aryl methyl sites for hydroxylation is 1. The van der Waals surface area contributed by atoms with E-state index in [0.717, 1.165) is 22.5 Å². The molecule has 4 rings (SSSR count). The first kappa shape index (κ1) is 16.5. The fourth-order valence-corrected chi connectivity index (χ4v) is 3.73. The van der Waals surface area contributed by atoms with E-state index in [9.17, 15) is 4.79 Å². The van der Waals surface area contributed by atoms with Gasteiger partial charge in [0.05, 0.1) is 12.2 Å². The Labute approximate surface area is 151 Å². The van der Waals surface area contributed by atoms with E-state index in [1.807, 2.05) is 26.0 Å². The predicted molar refractivity (Wildman–Crippen MR) is 93.0 cm³/mol. The topological polar surface area (TPSA) is 49.7 Å². The van der Waals surface area contributed by atoms with Crippen LogP contribution in [0.15, 0.2) is 18.2 Å². The fourth-order valence-electron chi connectivity index (χ4n) is 3.46. The number of esters is 1. The zero-order valence-electron chi connectivity index (χ0n) is 14.3. The quantitative estimate of drug-likeness (QED) is 0.761. The van der Waals surface area contributed by atoms with Crippen LogP contribution in [0.1, 0.15) is 51.8 Å². The van der Waals surface area contributed by atoms with Gasteiger partial charge in [-0.2, -0.15) is 0 Å². The maximum atomic E-state index is 12.6. The van der Waals surface area contributed by atoms with Crippen LogP contribution in [-0.2, 0) is 22.7 Å². The molecule has 1 aromatic carbocycles. The Hall–Kier alpha value is -1.98. The van der Waals surface area contributed by atoms with Crippen LogP contribution >= 0.6 is 11.6 Å². The number of carbonyl (C=O) groups is 1. The molecule has 0 atom stereocenters. The van der Waals surface area contributed by atoms with Crippen LogP contribution in [-0.4, -0.2) is 17.3 Å². The molecule has 0 radical (unpaired) electrons. The van der Waals surface area contributed by atoms with Crippen LogP contribution in [0.25, 0.3) is 0 Å². The van der Waals surface area contributed by atoms with Crippen molar-refractivity contribution in [2.45, 2.75) is 45.9 Å². The lowest BCUT2D eigenvalue weighted by molar-refractivity contribution is -0.0180. The highest BCUT2D eigenvalue weighted by Gasteiger charge is 2.29. The maximum Gasteiger partial charge on any atom is 0.340 e. The molecule has 2 heterocycles. The zero-order valence-corrected chi connectivity index (χ0v) is 15.1. The molecule has 1 aliphatic heterocycles. The average molecular weight is 362 g/mol. The van der Waals surface area contributed by atoms with Crippen molar-refractivity contribution in [2.75, 3.05) is 6.79 Å². The van der Waals surface area contributed by atoms with Gasteiger partial charge < -0.3 is 18.8 Å². The first-order valence-corrected chi connectivity index (χ1v) is 8.80. The summed E-state index contributed by atoms with van der Waals surface area (Å²) in [5.74, 6) is 0.382. The number of aromatic nitrogens is 1. The smallest absolute Gasteiger partial charge is 0.340 e. The van der Waals surface area contributed by atoms with Crippen LogP contribution < -0.4 is 4.74 Å². The van der Waals surface area contributed by atoms with Gasteiger partial charge in [0, 0.05) is 33.6 Å². The Kier molecular flexibility index (Phi) is 4.21. The lowest BCUT2D eigenvalue weighted by Crippen LogP contribution is -2.14. The van der Waals surface area contributed by atoms with Gasteiger partial charge in [-0.25, -0.2) is 4.79 Å². The Morgan fingerprint density at radius 2 is 2.12 bits per heavy atom. The van der Waals surface area contributed by atoms with Gasteiger partial charge >= 0.3 is 5.97 Å². The first-order chi connectivity index (χ1) is 12.0. The van der Waals surface area contributed by atoms with Crippen molar-refractivity contribution in [1.82, 2.24) is 4.57 Å². The molecule has 0 spiro atoms. The summed E-state index contributed by atoms with van der Waals surface area (Å²) in [5, 5.41) is 0.575. The fraction of sp³-hybridized carbons (Fsp3) is 0.421. The molecule has 1 aliphatic carbocycles. The van der Waals surface area contributed by atoms with Crippen molar-refractivity contribution in [3.63, 3.8) is 0 Å². The van der Waals surface area contributed by atoms with Crippen molar-refractivity contribution < 1.29 is 19.0 Å². The van der Waals surface area contributed by atoms with E-state index < -0.39 is 0 Å². The van der Waals surface area contributed by atoms with E-state index in [1.165, 1.54) is 12.8 Å². The summed E-state index contributed by atoms with van der Waals surface area (Å²) in [5.41, 5.74) is 4.34. The van der Waals surface area contributed by atoms with E-state index in [2.05, 4.69) is 4.57 Å². The van der Waals surface area contributed by atoms with Gasteiger partial charge in [0.2, 0.25) is 0 Å². The SMILES string of the molecule is Cc1cc(C(=O)OCc2cc(Cl)cc3c2OCOC3)c(C)n1C1CC1. The number of halogens is 1. The summed E-state index contributed by atoms with van der Waals surface area (Å²) in [4.78, 5) is 12.6. The minimum absolute atomic E-state index is 0.120. The van der Waals surface area contributed by atoms with Gasteiger partial charge in [0.25, 0.3) is 0 Å². The Bertz CT molecular complexity index is 838. The standard InChI is InChI=1S/C19H20ClNO4/c1-11-5-17(12(2)21(11)16-3-4-16)19(22)24-9-14-7-15(20)6-13-8-23-10-25-18(13)14/h5-7,16H,3-4,8-10H2,1-2H3. The van der Waals surface area contributed by atoms with E-state index >= 15 is 0 Å². The summed E-state index contributed by atoms with van der Waals surface area (Å²) in [6, 6.07) is 6.03. The van der Waals surface area contributed by atoms with Crippen LogP contribution in [0.5, 0.6) is 5.75 Å². The average Bonchev–Trinajstić information content (AvgIpc) is 3.37. The highest BCUT2D eigenvalue weighted by atomic mass is 35.5. The third-order valence-corrected chi connectivity index (χ3v) is 4.94. The number of hydrogen-bond acceptors (Lipinski definition) is 4. The molecule has 0 N–H and O–H groups in total. The van der Waals surface area contributed by atoms with Gasteiger partial charge in [-0.05, 0) is 44.9 Å². The van der Waals surface area contributed by atoms with Crippen molar-refractivity contribution in [1.29, 1.82) is 0 Å². The Balaban J connectivity index is 1.53. The van der Waals surface area contributed by atoms with Crippen LogP contribution in [0.3, 0.4) is 0 Å². The molecule has 2 aliphatic rings. The van der Waals surface area contributed by atoms with Crippen LogP contribution in [0.2, 0.25) is 5.02 Å². The van der Waals surface area contributed by atoms with Gasteiger partial charge in [-0.1, -0.05) is 11.6 Å². The minimum atomic E-state index is -0.319. The summed E-state index contributed by atoms with van der Waals surface area (Å²) < 4.78 is 18.6. The molecular formula is C19H20ClNO4. The minimum Gasteiger partial charge on any atom is -0.467 e. The maximum absolute atomic E-state index is 12.6. The number of benzene rings is 1. The predicted octanol–water partition coefficient (Wildman–Crippen LogP) is 4.32. The van der Waals surface area contributed by atoms with Crippen molar-refractivity contribution in [2.24, 2.45) is 0 Å². The summed E-state index contributed by atoms with van der Waals surface area (Å²) in [7, 11) is 0. The molecule has 5 nitrogen and oxygen atoms in total. The molecular weight excluding hydrogens is 342 g/mol. The monoisotopic (exact) mass is 361 g/mol.